The molecule has 4 nitrogen and oxygen atoms in total. The summed E-state index contributed by atoms with van der Waals surface area (Å²) in [6.45, 7) is 1.49. The molecule has 0 radical (unpaired) electrons. The quantitative estimate of drug-likeness (QED) is 0.640. The maximum Gasteiger partial charge on any atom is 0.221 e. The van der Waals surface area contributed by atoms with Crippen molar-refractivity contribution in [2.24, 2.45) is 0 Å². The number of aromatic nitrogens is 1. The molecule has 1 aromatic heterocycles. The normalized spacial score (nSPS) is 10.3. The van der Waals surface area contributed by atoms with Gasteiger partial charge >= 0.3 is 0 Å². The van der Waals surface area contributed by atoms with Crippen LogP contribution >= 0.6 is 27.3 Å². The maximum absolute atomic E-state index is 11.0. The highest BCUT2D eigenvalue weighted by Crippen LogP contribution is 2.28. The van der Waals surface area contributed by atoms with Gasteiger partial charge in [-0.1, -0.05) is 28.1 Å². The molecule has 0 aliphatic heterocycles. The Morgan fingerprint density at radius 2 is 1.70 bits per heavy atom. The number of benzene rings is 2. The van der Waals surface area contributed by atoms with Crippen molar-refractivity contribution in [2.75, 3.05) is 10.6 Å². The first-order valence-electron chi connectivity index (χ1n) is 6.96. The molecule has 2 N–H and O–H groups in total. The van der Waals surface area contributed by atoms with Crippen molar-refractivity contribution in [2.45, 2.75) is 6.92 Å². The van der Waals surface area contributed by atoms with Crippen molar-refractivity contribution < 1.29 is 4.79 Å². The van der Waals surface area contributed by atoms with Crippen molar-refractivity contribution in [3.63, 3.8) is 0 Å². The van der Waals surface area contributed by atoms with Crippen LogP contribution in [0.3, 0.4) is 0 Å². The van der Waals surface area contributed by atoms with Gasteiger partial charge in [0.1, 0.15) is 0 Å². The molecule has 0 saturated heterocycles. The average molecular weight is 388 g/mol. The zero-order valence-electron chi connectivity index (χ0n) is 12.3. The average Bonchev–Trinajstić information content (AvgIpc) is 2.98. The number of hydrogen-bond acceptors (Lipinski definition) is 4. The van der Waals surface area contributed by atoms with Crippen molar-refractivity contribution in [3.05, 3.63) is 58.4 Å². The van der Waals surface area contributed by atoms with Crippen LogP contribution < -0.4 is 10.6 Å². The third kappa shape index (κ3) is 4.18. The van der Waals surface area contributed by atoms with Gasteiger partial charge in [0, 0.05) is 33.7 Å². The summed E-state index contributed by atoms with van der Waals surface area (Å²) >= 11 is 4.99. The number of halogens is 1. The second-order valence-electron chi connectivity index (χ2n) is 4.93. The van der Waals surface area contributed by atoms with E-state index in [9.17, 15) is 4.79 Å². The minimum Gasteiger partial charge on any atom is -0.332 e. The van der Waals surface area contributed by atoms with Gasteiger partial charge in [-0.25, -0.2) is 4.98 Å². The highest BCUT2D eigenvalue weighted by molar-refractivity contribution is 9.10. The van der Waals surface area contributed by atoms with Gasteiger partial charge in [0.15, 0.2) is 5.13 Å². The third-order valence-corrected chi connectivity index (χ3v) is 4.39. The van der Waals surface area contributed by atoms with Crippen LogP contribution in [0.4, 0.5) is 16.5 Å². The molecule has 1 heterocycles. The monoisotopic (exact) mass is 387 g/mol. The number of nitrogens with zero attached hydrogens (tertiary/aromatic N) is 1. The van der Waals surface area contributed by atoms with Crippen LogP contribution in [0.2, 0.25) is 0 Å². The molecule has 3 aromatic rings. The predicted molar refractivity (Wildman–Crippen MR) is 99.3 cm³/mol. The summed E-state index contributed by atoms with van der Waals surface area (Å²) < 4.78 is 1.05. The summed E-state index contributed by atoms with van der Waals surface area (Å²) in [7, 11) is 0. The van der Waals surface area contributed by atoms with Crippen molar-refractivity contribution in [1.29, 1.82) is 0 Å². The lowest BCUT2D eigenvalue weighted by Crippen LogP contribution is -2.05. The number of hydrogen-bond donors (Lipinski definition) is 2. The number of thiazole rings is 1. The van der Waals surface area contributed by atoms with Crippen LogP contribution in [0.15, 0.2) is 58.4 Å². The van der Waals surface area contributed by atoms with E-state index in [4.69, 9.17) is 0 Å². The van der Waals surface area contributed by atoms with Gasteiger partial charge in [-0.05, 0) is 36.4 Å². The van der Waals surface area contributed by atoms with Crippen molar-refractivity contribution in [3.8, 4) is 11.3 Å². The summed E-state index contributed by atoms with van der Waals surface area (Å²) in [5.41, 5.74) is 3.73. The number of carbonyl (C=O) groups is 1. The third-order valence-electron chi connectivity index (χ3n) is 3.10. The van der Waals surface area contributed by atoms with Gasteiger partial charge in [0.25, 0.3) is 0 Å². The highest BCUT2D eigenvalue weighted by Gasteiger charge is 2.05. The lowest BCUT2D eigenvalue weighted by molar-refractivity contribution is -0.114. The molecule has 116 valence electrons. The number of carbonyl (C=O) groups excluding carboxylic acids is 1. The Balaban J connectivity index is 1.71. The molecule has 0 aliphatic carbocycles. The van der Waals surface area contributed by atoms with Crippen LogP contribution in [-0.2, 0) is 4.79 Å². The Morgan fingerprint density at radius 1 is 1.04 bits per heavy atom. The minimum absolute atomic E-state index is 0.0789. The second-order valence-corrected chi connectivity index (χ2v) is 6.70. The molecule has 6 heteroatoms. The second kappa shape index (κ2) is 6.93. The molecule has 0 unspecified atom stereocenters. The lowest BCUT2D eigenvalue weighted by Gasteiger charge is -2.05. The smallest absolute Gasteiger partial charge is 0.221 e. The first kappa shape index (κ1) is 15.7. The molecule has 2 aromatic carbocycles. The predicted octanol–water partition coefficient (Wildman–Crippen LogP) is 5.27. The number of anilines is 3. The Kier molecular flexibility index (Phi) is 4.73. The molecule has 0 fully saturated rings. The molecule has 1 amide bonds. The Morgan fingerprint density at radius 3 is 2.35 bits per heavy atom. The maximum atomic E-state index is 11.0. The molecule has 0 aliphatic rings. The Hall–Kier alpha value is -2.18. The van der Waals surface area contributed by atoms with Crippen LogP contribution in [0, 0.1) is 0 Å². The summed E-state index contributed by atoms with van der Waals surface area (Å²) in [6.07, 6.45) is 0. The van der Waals surface area contributed by atoms with Crippen molar-refractivity contribution in [1.82, 2.24) is 4.98 Å². The molecule has 23 heavy (non-hydrogen) atoms. The van der Waals surface area contributed by atoms with E-state index in [0.29, 0.717) is 0 Å². The van der Waals surface area contributed by atoms with Crippen LogP contribution in [-0.4, -0.2) is 10.9 Å². The van der Waals surface area contributed by atoms with Crippen LogP contribution in [0.1, 0.15) is 6.92 Å². The fourth-order valence-electron chi connectivity index (χ4n) is 2.05. The fourth-order valence-corrected chi connectivity index (χ4v) is 3.05. The van der Waals surface area contributed by atoms with Crippen LogP contribution in [0.25, 0.3) is 11.3 Å². The largest absolute Gasteiger partial charge is 0.332 e. The highest BCUT2D eigenvalue weighted by atomic mass is 79.9. The van der Waals surface area contributed by atoms with Gasteiger partial charge in [0.2, 0.25) is 5.91 Å². The van der Waals surface area contributed by atoms with E-state index >= 15 is 0 Å². The zero-order chi connectivity index (χ0) is 16.2. The molecule has 3 rings (SSSR count). The lowest BCUT2D eigenvalue weighted by atomic mass is 10.2. The van der Waals surface area contributed by atoms with E-state index in [0.717, 1.165) is 32.2 Å². The molecule has 0 saturated carbocycles. The van der Waals surface area contributed by atoms with Gasteiger partial charge < -0.3 is 10.6 Å². The summed E-state index contributed by atoms with van der Waals surface area (Å²) in [5.74, 6) is -0.0789. The Labute approximate surface area is 146 Å². The number of amides is 1. The number of nitrogens with one attached hydrogen (secondary N) is 2. The number of rotatable bonds is 4. The molecule has 0 bridgehead atoms. The standard InChI is InChI=1S/C17H14BrN3OS/c1-11(22)19-14-6-8-15(9-7-14)20-17-21-16(10-23-17)12-2-4-13(18)5-3-12/h2-10H,1H3,(H,19,22)(H,20,21). The topological polar surface area (TPSA) is 54.0 Å². The van der Waals surface area contributed by atoms with Crippen LogP contribution in [0.5, 0.6) is 0 Å². The SMILES string of the molecule is CC(=O)Nc1ccc(Nc2nc(-c3ccc(Br)cc3)cs2)cc1. The van der Waals surface area contributed by atoms with Gasteiger partial charge in [-0.3, -0.25) is 4.79 Å². The van der Waals surface area contributed by atoms with Gasteiger partial charge in [-0.2, -0.15) is 0 Å². The van der Waals surface area contributed by atoms with E-state index in [2.05, 4.69) is 31.5 Å². The van der Waals surface area contributed by atoms with E-state index in [1.165, 1.54) is 6.92 Å². The zero-order valence-corrected chi connectivity index (χ0v) is 14.7. The summed E-state index contributed by atoms with van der Waals surface area (Å²) in [5, 5.41) is 8.87. The van der Waals surface area contributed by atoms with Gasteiger partial charge in [0.05, 0.1) is 5.69 Å². The minimum atomic E-state index is -0.0789. The molecular formula is C17H14BrN3OS. The fraction of sp³-hybridized carbons (Fsp3) is 0.0588. The Bertz CT molecular complexity index is 813. The first-order chi connectivity index (χ1) is 11.1. The van der Waals surface area contributed by atoms with Crippen molar-refractivity contribution >= 4 is 49.7 Å². The van der Waals surface area contributed by atoms with E-state index in [1.54, 1.807) is 11.3 Å². The molecular weight excluding hydrogens is 374 g/mol. The van der Waals surface area contributed by atoms with E-state index in [1.807, 2.05) is 53.9 Å². The van der Waals surface area contributed by atoms with E-state index in [-0.39, 0.29) is 5.91 Å². The summed E-state index contributed by atoms with van der Waals surface area (Å²) in [4.78, 5) is 15.6. The van der Waals surface area contributed by atoms with E-state index < -0.39 is 0 Å². The molecule has 0 spiro atoms. The summed E-state index contributed by atoms with van der Waals surface area (Å²) in [6, 6.07) is 15.6. The molecule has 0 atom stereocenters. The van der Waals surface area contributed by atoms with Gasteiger partial charge in [-0.15, -0.1) is 11.3 Å². The first-order valence-corrected chi connectivity index (χ1v) is 8.63.